The largest absolute Gasteiger partial charge is 0.394 e. The summed E-state index contributed by atoms with van der Waals surface area (Å²) >= 11 is 0. The topological polar surface area (TPSA) is 228 Å². The van der Waals surface area contributed by atoms with Gasteiger partial charge >= 0.3 is 0 Å². The first-order chi connectivity index (χ1) is 27.6. The van der Waals surface area contributed by atoms with Crippen LogP contribution >= 0.6 is 0 Å². The van der Waals surface area contributed by atoms with Crippen LogP contribution in [0, 0.1) is 0 Å². The molecule has 2 heterocycles. The number of carbonyl (C=O) groups excluding carboxylic acids is 1. The average molecular weight is 818 g/mol. The quantitative estimate of drug-likeness (QED) is 0.0348. The van der Waals surface area contributed by atoms with Crippen molar-refractivity contribution in [3.05, 3.63) is 24.3 Å². The van der Waals surface area contributed by atoms with Crippen molar-refractivity contribution in [3.63, 3.8) is 0 Å². The average Bonchev–Trinajstić information content (AvgIpc) is 3.21. The van der Waals surface area contributed by atoms with Crippen LogP contribution in [0.1, 0.15) is 149 Å². The molecule has 57 heavy (non-hydrogen) atoms. The molecule has 0 aliphatic carbocycles. The molecule has 0 aromatic carbocycles. The smallest absolute Gasteiger partial charge is 0.220 e. The van der Waals surface area contributed by atoms with E-state index in [0.717, 1.165) is 44.9 Å². The van der Waals surface area contributed by atoms with Crippen molar-refractivity contribution in [1.82, 2.24) is 5.32 Å². The zero-order valence-electron chi connectivity index (χ0n) is 34.8. The monoisotopic (exact) mass is 818 g/mol. The fourth-order valence-corrected chi connectivity index (χ4v) is 7.19. The second kappa shape index (κ2) is 31.4. The lowest BCUT2D eigenvalue weighted by Crippen LogP contribution is -2.65. The van der Waals surface area contributed by atoms with Gasteiger partial charge in [-0.3, -0.25) is 4.79 Å². The first-order valence-corrected chi connectivity index (χ1v) is 22.1. The summed E-state index contributed by atoms with van der Waals surface area (Å²) in [6.07, 6.45) is 14.1. The van der Waals surface area contributed by atoms with Gasteiger partial charge in [0.2, 0.25) is 5.91 Å². The predicted molar refractivity (Wildman–Crippen MR) is 217 cm³/mol. The molecule has 9 N–H and O–H groups in total. The number of ether oxygens (including phenoxy) is 4. The van der Waals surface area contributed by atoms with Crippen molar-refractivity contribution in [1.29, 1.82) is 0 Å². The SMILES string of the molecule is CCCCCCCCCCCCC/C=C/CC/C=C/C(O)C(COC1OC(CO)C(OC2OC(CO)C(O)C(O)C2O)C(O)C1O)NC(=O)CCCCCCCC. The Bertz CT molecular complexity index is 1060. The van der Waals surface area contributed by atoms with Gasteiger partial charge in [0.15, 0.2) is 12.6 Å². The number of rotatable bonds is 32. The van der Waals surface area contributed by atoms with Crippen LogP contribution in [-0.2, 0) is 23.7 Å². The number of hydrogen-bond acceptors (Lipinski definition) is 13. The first-order valence-electron chi connectivity index (χ1n) is 22.1. The van der Waals surface area contributed by atoms with Crippen molar-refractivity contribution in [2.24, 2.45) is 0 Å². The minimum absolute atomic E-state index is 0.261. The maximum Gasteiger partial charge on any atom is 0.220 e. The maximum absolute atomic E-state index is 12.9. The Hall–Kier alpha value is -1.53. The van der Waals surface area contributed by atoms with Gasteiger partial charge in [-0.05, 0) is 32.1 Å². The number of aliphatic hydroxyl groups excluding tert-OH is 8. The number of hydrogen-bond donors (Lipinski definition) is 9. The van der Waals surface area contributed by atoms with Crippen molar-refractivity contribution in [2.75, 3.05) is 19.8 Å². The normalized spacial score (nSPS) is 29.3. The van der Waals surface area contributed by atoms with Gasteiger partial charge in [0.05, 0.1) is 32.0 Å². The van der Waals surface area contributed by atoms with Gasteiger partial charge in [0.25, 0.3) is 0 Å². The van der Waals surface area contributed by atoms with Crippen molar-refractivity contribution in [2.45, 2.75) is 222 Å². The van der Waals surface area contributed by atoms with E-state index >= 15 is 0 Å². The van der Waals surface area contributed by atoms with E-state index in [2.05, 4.69) is 31.3 Å². The van der Waals surface area contributed by atoms with Crippen molar-refractivity contribution >= 4 is 5.91 Å². The van der Waals surface area contributed by atoms with Crippen LogP contribution in [-0.4, -0.2) is 140 Å². The van der Waals surface area contributed by atoms with Gasteiger partial charge in [-0.1, -0.05) is 134 Å². The minimum Gasteiger partial charge on any atom is -0.394 e. The summed E-state index contributed by atoms with van der Waals surface area (Å²) in [7, 11) is 0. The Kier molecular flexibility index (Phi) is 28.4. The van der Waals surface area contributed by atoms with E-state index in [1.54, 1.807) is 6.08 Å². The third-order valence-electron chi connectivity index (χ3n) is 10.9. The molecule has 2 aliphatic rings. The standard InChI is InChI=1S/C43H79NO13/c1-3-5-7-9-11-12-13-14-15-16-17-18-19-20-21-22-24-26-32(47)31(44-35(48)27-25-23-10-8-6-4-2)30-54-42-40(53)38(51)41(34(29-46)56-42)57-43-39(52)37(50)36(49)33(28-45)55-43/h19-20,24,26,31-34,36-43,45-47,49-53H,3-18,21-23,25,27-30H2,1-2H3,(H,44,48)/b20-19+,26-24+. The minimum atomic E-state index is -1.79. The fraction of sp³-hybridized carbons (Fsp3) is 0.884. The van der Waals surface area contributed by atoms with Crippen LogP contribution in [0.2, 0.25) is 0 Å². The Labute approximate surface area is 341 Å². The zero-order valence-corrected chi connectivity index (χ0v) is 34.8. The third-order valence-corrected chi connectivity index (χ3v) is 10.9. The number of amides is 1. The summed E-state index contributed by atoms with van der Waals surface area (Å²) in [5, 5.41) is 86.1. The van der Waals surface area contributed by atoms with Crippen LogP contribution in [0.15, 0.2) is 24.3 Å². The zero-order chi connectivity index (χ0) is 41.8. The summed E-state index contributed by atoms with van der Waals surface area (Å²) < 4.78 is 22.5. The number of carbonyl (C=O) groups is 1. The van der Waals surface area contributed by atoms with E-state index in [1.165, 1.54) is 70.6 Å². The van der Waals surface area contributed by atoms with Crippen LogP contribution in [0.4, 0.5) is 0 Å². The van der Waals surface area contributed by atoms with Crippen LogP contribution in [0.3, 0.4) is 0 Å². The molecule has 12 unspecified atom stereocenters. The van der Waals surface area contributed by atoms with Crippen molar-refractivity contribution in [3.8, 4) is 0 Å². The summed E-state index contributed by atoms with van der Waals surface area (Å²) in [5.74, 6) is -0.261. The second-order valence-electron chi connectivity index (χ2n) is 15.8. The molecule has 0 bridgehead atoms. The Balaban J connectivity index is 1.88. The van der Waals surface area contributed by atoms with Crippen LogP contribution in [0.5, 0.6) is 0 Å². The van der Waals surface area contributed by atoms with Crippen LogP contribution in [0.25, 0.3) is 0 Å². The van der Waals surface area contributed by atoms with E-state index in [1.807, 2.05) is 6.08 Å². The molecule has 14 heteroatoms. The van der Waals surface area contributed by atoms with E-state index in [4.69, 9.17) is 18.9 Å². The lowest BCUT2D eigenvalue weighted by atomic mass is 9.97. The highest BCUT2D eigenvalue weighted by Gasteiger charge is 2.50. The Morgan fingerprint density at radius 2 is 1.12 bits per heavy atom. The van der Waals surface area contributed by atoms with Gasteiger partial charge in [-0.2, -0.15) is 0 Å². The summed E-state index contributed by atoms with van der Waals surface area (Å²) in [6.45, 7) is 2.66. The Morgan fingerprint density at radius 1 is 0.614 bits per heavy atom. The Morgan fingerprint density at radius 3 is 1.72 bits per heavy atom. The number of allylic oxidation sites excluding steroid dienone is 3. The molecule has 2 fully saturated rings. The molecule has 0 aromatic rings. The highest BCUT2D eigenvalue weighted by atomic mass is 16.7. The summed E-state index contributed by atoms with van der Waals surface area (Å²) in [5.41, 5.74) is 0. The molecule has 0 radical (unpaired) electrons. The number of nitrogens with one attached hydrogen (secondary N) is 1. The predicted octanol–water partition coefficient (Wildman–Crippen LogP) is 3.82. The van der Waals surface area contributed by atoms with E-state index in [-0.39, 0.29) is 18.9 Å². The van der Waals surface area contributed by atoms with Gasteiger partial charge in [-0.25, -0.2) is 0 Å². The van der Waals surface area contributed by atoms with Crippen molar-refractivity contribution < 1.29 is 64.6 Å². The summed E-state index contributed by atoms with van der Waals surface area (Å²) in [4.78, 5) is 12.9. The first kappa shape index (κ1) is 51.6. The number of aliphatic hydroxyl groups is 8. The molecule has 2 rings (SSSR count). The molecular weight excluding hydrogens is 738 g/mol. The lowest BCUT2D eigenvalue weighted by molar-refractivity contribution is -0.359. The van der Waals surface area contributed by atoms with Gasteiger partial charge in [-0.15, -0.1) is 0 Å². The highest BCUT2D eigenvalue weighted by molar-refractivity contribution is 5.76. The van der Waals surface area contributed by atoms with Gasteiger partial charge in [0, 0.05) is 6.42 Å². The van der Waals surface area contributed by atoms with Crippen LogP contribution < -0.4 is 5.32 Å². The second-order valence-corrected chi connectivity index (χ2v) is 15.8. The molecule has 0 saturated carbocycles. The maximum atomic E-state index is 12.9. The molecule has 1 amide bonds. The molecule has 2 aliphatic heterocycles. The molecule has 0 spiro atoms. The summed E-state index contributed by atoms with van der Waals surface area (Å²) in [6, 6.07) is -0.922. The van der Waals surface area contributed by atoms with E-state index in [0.29, 0.717) is 12.8 Å². The molecule has 334 valence electrons. The fourth-order valence-electron chi connectivity index (χ4n) is 7.19. The highest BCUT2D eigenvalue weighted by Crippen LogP contribution is 2.30. The molecule has 14 nitrogen and oxygen atoms in total. The lowest BCUT2D eigenvalue weighted by Gasteiger charge is -2.46. The molecular formula is C43H79NO13. The number of unbranched alkanes of at least 4 members (excludes halogenated alkanes) is 17. The van der Waals surface area contributed by atoms with Gasteiger partial charge < -0.3 is 65.1 Å². The third kappa shape index (κ3) is 20.1. The van der Waals surface area contributed by atoms with E-state index in [9.17, 15) is 45.6 Å². The molecule has 12 atom stereocenters. The van der Waals surface area contributed by atoms with E-state index < -0.39 is 86.8 Å². The molecule has 0 aromatic heterocycles. The van der Waals surface area contributed by atoms with Gasteiger partial charge in [0.1, 0.15) is 48.8 Å². The molecule has 2 saturated heterocycles.